The van der Waals surface area contributed by atoms with E-state index in [0.717, 1.165) is 25.7 Å². The monoisotopic (exact) mass is 567 g/mol. The van der Waals surface area contributed by atoms with Crippen molar-refractivity contribution in [1.29, 1.82) is 0 Å². The van der Waals surface area contributed by atoms with Gasteiger partial charge in [0.1, 0.15) is 6.61 Å². The van der Waals surface area contributed by atoms with Gasteiger partial charge >= 0.3 is 5.97 Å². The molecule has 0 radical (unpaired) electrons. The predicted octanol–water partition coefficient (Wildman–Crippen LogP) is 11.4. The second kappa shape index (κ2) is 34.3. The van der Waals surface area contributed by atoms with E-state index in [1.165, 1.54) is 141 Å². The van der Waals surface area contributed by atoms with Crippen molar-refractivity contribution < 1.29 is 19.4 Å². The molecule has 1 N–H and O–H groups in total. The first kappa shape index (κ1) is 39.1. The molecular formula is C36H70O4. The fourth-order valence-corrected chi connectivity index (χ4v) is 5.17. The fraction of sp³-hybridized carbons (Fsp3) is 0.917. The van der Waals surface area contributed by atoms with Gasteiger partial charge in [0.05, 0.1) is 6.61 Å². The molecule has 1 unspecified atom stereocenters. The van der Waals surface area contributed by atoms with Crippen LogP contribution in [-0.2, 0) is 14.3 Å². The van der Waals surface area contributed by atoms with E-state index < -0.39 is 6.29 Å². The quantitative estimate of drug-likeness (QED) is 0.0371. The molecule has 0 aromatic carbocycles. The molecule has 0 fully saturated rings. The van der Waals surface area contributed by atoms with Gasteiger partial charge in [-0.2, -0.15) is 0 Å². The van der Waals surface area contributed by atoms with Crippen molar-refractivity contribution in [2.24, 2.45) is 0 Å². The van der Waals surface area contributed by atoms with Crippen LogP contribution in [0.5, 0.6) is 0 Å². The van der Waals surface area contributed by atoms with E-state index in [1.807, 2.05) is 0 Å². The van der Waals surface area contributed by atoms with Crippen molar-refractivity contribution in [2.75, 3.05) is 13.2 Å². The number of unbranched alkanes of at least 4 members (excludes halogenated alkanes) is 23. The minimum Gasteiger partial charge on any atom is -0.463 e. The number of hydrogen-bond acceptors (Lipinski definition) is 4. The fourth-order valence-electron chi connectivity index (χ4n) is 5.17. The SMILES string of the molecule is CCCCCCCC/C=C\CCCCCCCC(=O)OCCOC(O)CCCCCCCCCCCCCCC. The van der Waals surface area contributed by atoms with Crippen molar-refractivity contribution in [3.63, 3.8) is 0 Å². The molecule has 0 aromatic heterocycles. The van der Waals surface area contributed by atoms with Gasteiger partial charge in [0.2, 0.25) is 0 Å². The summed E-state index contributed by atoms with van der Waals surface area (Å²) in [5.41, 5.74) is 0. The Morgan fingerprint density at radius 1 is 0.550 bits per heavy atom. The van der Waals surface area contributed by atoms with Crippen LogP contribution in [0.2, 0.25) is 0 Å². The van der Waals surface area contributed by atoms with Crippen LogP contribution in [0.1, 0.15) is 194 Å². The lowest BCUT2D eigenvalue weighted by Crippen LogP contribution is -2.17. The van der Waals surface area contributed by atoms with Gasteiger partial charge in [-0.3, -0.25) is 4.79 Å². The van der Waals surface area contributed by atoms with Crippen LogP contribution in [0.25, 0.3) is 0 Å². The van der Waals surface area contributed by atoms with E-state index in [9.17, 15) is 9.90 Å². The second-order valence-electron chi connectivity index (χ2n) is 11.9. The summed E-state index contributed by atoms with van der Waals surface area (Å²) in [6.45, 7) is 5.05. The maximum absolute atomic E-state index is 11.9. The summed E-state index contributed by atoms with van der Waals surface area (Å²) in [6.07, 6.45) is 38.6. The first-order valence-electron chi connectivity index (χ1n) is 17.8. The highest BCUT2D eigenvalue weighted by atomic mass is 16.6. The molecule has 4 nitrogen and oxygen atoms in total. The van der Waals surface area contributed by atoms with Crippen molar-refractivity contribution in [3.8, 4) is 0 Å². The molecule has 0 spiro atoms. The molecule has 0 saturated carbocycles. The molecular weight excluding hydrogens is 496 g/mol. The molecule has 40 heavy (non-hydrogen) atoms. The molecule has 0 bridgehead atoms. The highest BCUT2D eigenvalue weighted by Gasteiger charge is 2.06. The zero-order valence-corrected chi connectivity index (χ0v) is 27.1. The third kappa shape index (κ3) is 33.3. The van der Waals surface area contributed by atoms with Crippen molar-refractivity contribution in [1.82, 2.24) is 0 Å². The number of carbonyl (C=O) groups excluding carboxylic acids is 1. The number of esters is 1. The number of carbonyl (C=O) groups is 1. The Balaban J connectivity index is 3.30. The highest BCUT2D eigenvalue weighted by Crippen LogP contribution is 2.14. The molecule has 4 heteroatoms. The summed E-state index contributed by atoms with van der Waals surface area (Å²) >= 11 is 0. The molecule has 1 atom stereocenters. The van der Waals surface area contributed by atoms with E-state index in [2.05, 4.69) is 26.0 Å². The van der Waals surface area contributed by atoms with Crippen LogP contribution in [0.4, 0.5) is 0 Å². The summed E-state index contributed by atoms with van der Waals surface area (Å²) in [5, 5.41) is 9.98. The van der Waals surface area contributed by atoms with Gasteiger partial charge in [-0.05, 0) is 44.9 Å². The smallest absolute Gasteiger partial charge is 0.305 e. The minimum atomic E-state index is -0.739. The number of hydrogen-bond donors (Lipinski definition) is 1. The van der Waals surface area contributed by atoms with Crippen LogP contribution in [0, 0.1) is 0 Å². The maximum atomic E-state index is 11.9. The average Bonchev–Trinajstić information content (AvgIpc) is 2.95. The number of aliphatic hydroxyl groups excluding tert-OH is 1. The van der Waals surface area contributed by atoms with Crippen molar-refractivity contribution in [2.45, 2.75) is 200 Å². The first-order valence-corrected chi connectivity index (χ1v) is 17.8. The van der Waals surface area contributed by atoms with Crippen LogP contribution in [0.15, 0.2) is 12.2 Å². The normalized spacial score (nSPS) is 12.4. The van der Waals surface area contributed by atoms with Gasteiger partial charge < -0.3 is 14.6 Å². The second-order valence-corrected chi connectivity index (χ2v) is 11.9. The van der Waals surface area contributed by atoms with Crippen LogP contribution >= 0.6 is 0 Å². The standard InChI is InChI=1S/C36H70O4/c1-3-5-7-9-11-13-15-17-18-20-22-24-26-28-30-32-36(38)40-34-33-39-35(37)31-29-27-25-23-21-19-16-14-12-10-8-6-4-2/h17-18,35,37H,3-16,19-34H2,1-2H3/b18-17-. The Kier molecular flexibility index (Phi) is 33.6. The molecule has 0 amide bonds. The van der Waals surface area contributed by atoms with Gasteiger partial charge in [0.25, 0.3) is 0 Å². The average molecular weight is 567 g/mol. The number of aliphatic hydroxyl groups is 1. The lowest BCUT2D eigenvalue weighted by atomic mass is 10.0. The van der Waals surface area contributed by atoms with E-state index >= 15 is 0 Å². The zero-order chi connectivity index (χ0) is 29.2. The van der Waals surface area contributed by atoms with E-state index in [0.29, 0.717) is 12.8 Å². The van der Waals surface area contributed by atoms with Gasteiger partial charge in [-0.1, -0.05) is 154 Å². The molecule has 0 aliphatic heterocycles. The summed E-state index contributed by atoms with van der Waals surface area (Å²) in [6, 6.07) is 0. The van der Waals surface area contributed by atoms with Crippen LogP contribution < -0.4 is 0 Å². The Morgan fingerprint density at radius 3 is 1.43 bits per heavy atom. The Hall–Kier alpha value is -0.870. The number of rotatable bonds is 33. The van der Waals surface area contributed by atoms with E-state index in [4.69, 9.17) is 9.47 Å². The number of ether oxygens (including phenoxy) is 2. The topological polar surface area (TPSA) is 55.8 Å². The van der Waals surface area contributed by atoms with Gasteiger partial charge in [-0.25, -0.2) is 0 Å². The van der Waals surface area contributed by atoms with Gasteiger partial charge in [0, 0.05) is 6.42 Å². The van der Waals surface area contributed by atoms with E-state index in [1.54, 1.807) is 0 Å². The van der Waals surface area contributed by atoms with Crippen LogP contribution in [-0.4, -0.2) is 30.6 Å². The summed E-state index contributed by atoms with van der Waals surface area (Å²) in [4.78, 5) is 11.9. The number of allylic oxidation sites excluding steroid dienone is 2. The van der Waals surface area contributed by atoms with Crippen molar-refractivity contribution in [3.05, 3.63) is 12.2 Å². The molecule has 0 aliphatic rings. The Morgan fingerprint density at radius 2 is 0.950 bits per heavy atom. The molecule has 0 heterocycles. The van der Waals surface area contributed by atoms with Gasteiger partial charge in [-0.15, -0.1) is 0 Å². The zero-order valence-electron chi connectivity index (χ0n) is 27.1. The molecule has 238 valence electrons. The maximum Gasteiger partial charge on any atom is 0.305 e. The van der Waals surface area contributed by atoms with E-state index in [-0.39, 0.29) is 19.2 Å². The largest absolute Gasteiger partial charge is 0.463 e. The highest BCUT2D eigenvalue weighted by molar-refractivity contribution is 5.69. The molecule has 0 saturated heterocycles. The molecule has 0 rings (SSSR count). The van der Waals surface area contributed by atoms with Crippen LogP contribution in [0.3, 0.4) is 0 Å². The summed E-state index contributed by atoms with van der Waals surface area (Å²) in [5.74, 6) is -0.146. The predicted molar refractivity (Wildman–Crippen MR) is 173 cm³/mol. The first-order chi connectivity index (χ1) is 19.7. The summed E-state index contributed by atoms with van der Waals surface area (Å²) < 4.78 is 10.7. The Bertz CT molecular complexity index is 519. The summed E-state index contributed by atoms with van der Waals surface area (Å²) in [7, 11) is 0. The Labute approximate surface area is 250 Å². The lowest BCUT2D eigenvalue weighted by molar-refractivity contribution is -0.151. The molecule has 0 aliphatic carbocycles. The third-order valence-corrected chi connectivity index (χ3v) is 7.85. The van der Waals surface area contributed by atoms with Crippen molar-refractivity contribution >= 4 is 5.97 Å². The molecule has 0 aromatic rings. The van der Waals surface area contributed by atoms with Gasteiger partial charge in [0.15, 0.2) is 6.29 Å². The third-order valence-electron chi connectivity index (χ3n) is 7.85. The lowest BCUT2D eigenvalue weighted by Gasteiger charge is -2.12. The minimum absolute atomic E-state index is 0.146.